The summed E-state index contributed by atoms with van der Waals surface area (Å²) in [5.74, 6) is -0.616. The number of carbonyl (C=O) groups excluding carboxylic acids is 2. The summed E-state index contributed by atoms with van der Waals surface area (Å²) in [6.07, 6.45) is 4.92. The van der Waals surface area contributed by atoms with Gasteiger partial charge < -0.3 is 10.6 Å². The quantitative estimate of drug-likeness (QED) is 0.446. The number of hydrogen-bond acceptors (Lipinski definition) is 5. The van der Waals surface area contributed by atoms with E-state index in [1.54, 1.807) is 48.8 Å². The number of amides is 2. The molecule has 1 heterocycles. The van der Waals surface area contributed by atoms with Crippen LogP contribution in [0.25, 0.3) is 0 Å². The zero-order chi connectivity index (χ0) is 25.4. The molecule has 184 valence electrons. The van der Waals surface area contributed by atoms with Crippen molar-refractivity contribution in [3.05, 3.63) is 89.2 Å². The number of aromatic nitrogens is 1. The number of hydrogen-bond donors (Lipinski definition) is 2. The normalized spacial score (nSPS) is 11.1. The van der Waals surface area contributed by atoms with Crippen LogP contribution < -0.4 is 14.9 Å². The van der Waals surface area contributed by atoms with Crippen molar-refractivity contribution in [3.8, 4) is 0 Å². The third kappa shape index (κ3) is 7.13. The van der Waals surface area contributed by atoms with E-state index >= 15 is 0 Å². The zero-order valence-electron chi connectivity index (χ0n) is 20.1. The maximum Gasteiger partial charge on any atom is 0.253 e. The predicted octanol–water partition coefficient (Wildman–Crippen LogP) is 3.81. The Bertz CT molecular complexity index is 1290. The lowest BCUT2D eigenvalue weighted by atomic mass is 10.1. The van der Waals surface area contributed by atoms with Crippen molar-refractivity contribution in [2.45, 2.75) is 33.2 Å². The molecule has 0 saturated heterocycles. The monoisotopic (exact) mass is 494 g/mol. The van der Waals surface area contributed by atoms with Gasteiger partial charge in [0.15, 0.2) is 0 Å². The molecule has 0 atom stereocenters. The predicted molar refractivity (Wildman–Crippen MR) is 138 cm³/mol. The van der Waals surface area contributed by atoms with E-state index in [0.29, 0.717) is 29.9 Å². The van der Waals surface area contributed by atoms with Crippen molar-refractivity contribution in [1.82, 2.24) is 10.3 Å². The maximum absolute atomic E-state index is 12.7. The van der Waals surface area contributed by atoms with Crippen molar-refractivity contribution in [2.75, 3.05) is 22.4 Å². The minimum absolute atomic E-state index is 0.0997. The number of carbonyl (C=O) groups is 2. The summed E-state index contributed by atoms with van der Waals surface area (Å²) in [7, 11) is -3.52. The first-order valence-electron chi connectivity index (χ1n) is 11.3. The molecule has 0 spiro atoms. The number of nitrogens with one attached hydrogen (secondary N) is 2. The molecule has 0 fully saturated rings. The van der Waals surface area contributed by atoms with Gasteiger partial charge in [0, 0.05) is 31.9 Å². The summed E-state index contributed by atoms with van der Waals surface area (Å²) in [4.78, 5) is 29.4. The van der Waals surface area contributed by atoms with E-state index in [-0.39, 0.29) is 24.8 Å². The number of pyridine rings is 1. The van der Waals surface area contributed by atoms with Crippen LogP contribution in [0.1, 0.15) is 39.9 Å². The molecule has 2 amide bonds. The van der Waals surface area contributed by atoms with Gasteiger partial charge in [-0.1, -0.05) is 30.3 Å². The largest absolute Gasteiger partial charge is 0.348 e. The summed E-state index contributed by atoms with van der Waals surface area (Å²) in [5.41, 5.74) is 4.10. The van der Waals surface area contributed by atoms with Crippen LogP contribution in [-0.4, -0.2) is 38.0 Å². The lowest BCUT2D eigenvalue weighted by molar-refractivity contribution is -0.116. The van der Waals surface area contributed by atoms with Crippen molar-refractivity contribution in [2.24, 2.45) is 0 Å². The number of rotatable bonds is 10. The molecular weight excluding hydrogens is 464 g/mol. The second-order valence-corrected chi connectivity index (χ2v) is 10.2. The molecule has 2 aromatic carbocycles. The van der Waals surface area contributed by atoms with Gasteiger partial charge in [-0.3, -0.25) is 18.9 Å². The Kier molecular flexibility index (Phi) is 8.59. The number of anilines is 2. The SMILES string of the molecule is Cc1cccc(N(CCCC(=O)Nc2ccccc2C(=O)NCc2cccnc2)S(C)(=O)=O)c1C. The summed E-state index contributed by atoms with van der Waals surface area (Å²) >= 11 is 0. The van der Waals surface area contributed by atoms with Gasteiger partial charge in [-0.05, 0) is 61.2 Å². The fourth-order valence-corrected chi connectivity index (χ4v) is 4.65. The van der Waals surface area contributed by atoms with E-state index in [9.17, 15) is 18.0 Å². The fourth-order valence-electron chi connectivity index (χ4n) is 3.64. The van der Waals surface area contributed by atoms with E-state index < -0.39 is 10.0 Å². The Balaban J connectivity index is 1.61. The van der Waals surface area contributed by atoms with Crippen LogP contribution in [0.2, 0.25) is 0 Å². The summed E-state index contributed by atoms with van der Waals surface area (Å²) in [6.45, 7) is 4.29. The molecular formula is C26H30N4O4S. The van der Waals surface area contributed by atoms with Crippen LogP contribution >= 0.6 is 0 Å². The molecule has 0 bridgehead atoms. The molecule has 0 saturated carbocycles. The summed E-state index contributed by atoms with van der Waals surface area (Å²) in [6, 6.07) is 15.9. The van der Waals surface area contributed by atoms with Gasteiger partial charge in [-0.2, -0.15) is 0 Å². The Hall–Kier alpha value is -3.72. The van der Waals surface area contributed by atoms with Crippen LogP contribution in [0.5, 0.6) is 0 Å². The number of benzene rings is 2. The number of sulfonamides is 1. The Morgan fingerprint density at radius 3 is 2.49 bits per heavy atom. The van der Waals surface area contributed by atoms with Gasteiger partial charge in [-0.15, -0.1) is 0 Å². The molecule has 0 aliphatic rings. The first-order valence-corrected chi connectivity index (χ1v) is 13.1. The molecule has 3 rings (SSSR count). The topological polar surface area (TPSA) is 108 Å². The molecule has 0 aliphatic heterocycles. The maximum atomic E-state index is 12.7. The molecule has 9 heteroatoms. The van der Waals surface area contributed by atoms with E-state index in [2.05, 4.69) is 15.6 Å². The van der Waals surface area contributed by atoms with E-state index in [1.165, 1.54) is 4.31 Å². The highest BCUT2D eigenvalue weighted by molar-refractivity contribution is 7.92. The number of nitrogens with zero attached hydrogens (tertiary/aromatic N) is 2. The number of aryl methyl sites for hydroxylation is 1. The Morgan fingerprint density at radius 2 is 1.77 bits per heavy atom. The third-order valence-electron chi connectivity index (χ3n) is 5.63. The van der Waals surface area contributed by atoms with Gasteiger partial charge in [0.2, 0.25) is 15.9 Å². The molecule has 0 radical (unpaired) electrons. The Morgan fingerprint density at radius 1 is 1.00 bits per heavy atom. The average molecular weight is 495 g/mol. The highest BCUT2D eigenvalue weighted by Gasteiger charge is 2.20. The van der Waals surface area contributed by atoms with E-state index in [1.807, 2.05) is 32.0 Å². The lowest BCUT2D eigenvalue weighted by Gasteiger charge is -2.25. The van der Waals surface area contributed by atoms with Gasteiger partial charge in [0.25, 0.3) is 5.91 Å². The minimum atomic E-state index is -3.52. The minimum Gasteiger partial charge on any atom is -0.348 e. The van der Waals surface area contributed by atoms with Gasteiger partial charge in [-0.25, -0.2) is 8.42 Å². The average Bonchev–Trinajstić information content (AvgIpc) is 2.83. The van der Waals surface area contributed by atoms with E-state index in [0.717, 1.165) is 22.9 Å². The molecule has 8 nitrogen and oxygen atoms in total. The fraction of sp³-hybridized carbons (Fsp3) is 0.269. The van der Waals surface area contributed by atoms with Crippen LogP contribution in [0.4, 0.5) is 11.4 Å². The second-order valence-electron chi connectivity index (χ2n) is 8.30. The Labute approximate surface area is 206 Å². The zero-order valence-corrected chi connectivity index (χ0v) is 20.9. The smallest absolute Gasteiger partial charge is 0.253 e. The molecule has 35 heavy (non-hydrogen) atoms. The van der Waals surface area contributed by atoms with Crippen LogP contribution in [0, 0.1) is 13.8 Å². The molecule has 0 aliphatic carbocycles. The van der Waals surface area contributed by atoms with Crippen LogP contribution in [0.3, 0.4) is 0 Å². The van der Waals surface area contributed by atoms with Gasteiger partial charge in [0.05, 0.1) is 23.2 Å². The van der Waals surface area contributed by atoms with Crippen LogP contribution in [0.15, 0.2) is 67.0 Å². The first kappa shape index (κ1) is 25.9. The highest BCUT2D eigenvalue weighted by Crippen LogP contribution is 2.25. The molecule has 3 aromatic rings. The summed E-state index contributed by atoms with van der Waals surface area (Å²) < 4.78 is 26.2. The summed E-state index contributed by atoms with van der Waals surface area (Å²) in [5, 5.41) is 5.61. The second kappa shape index (κ2) is 11.6. The molecule has 0 unspecified atom stereocenters. The van der Waals surface area contributed by atoms with Gasteiger partial charge in [0.1, 0.15) is 0 Å². The standard InChI is InChI=1S/C26H30N4O4S/c1-19-9-6-13-24(20(19)2)30(35(3,33)34)16-8-14-25(31)29-23-12-5-4-11-22(23)26(32)28-18-21-10-7-15-27-17-21/h4-7,9-13,15,17H,8,14,16,18H2,1-3H3,(H,28,32)(H,29,31). The lowest BCUT2D eigenvalue weighted by Crippen LogP contribution is -2.32. The van der Waals surface area contributed by atoms with Crippen molar-refractivity contribution in [3.63, 3.8) is 0 Å². The van der Waals surface area contributed by atoms with Crippen molar-refractivity contribution < 1.29 is 18.0 Å². The van der Waals surface area contributed by atoms with Crippen molar-refractivity contribution >= 4 is 33.2 Å². The van der Waals surface area contributed by atoms with Crippen molar-refractivity contribution in [1.29, 1.82) is 0 Å². The highest BCUT2D eigenvalue weighted by atomic mass is 32.2. The molecule has 1 aromatic heterocycles. The van der Waals surface area contributed by atoms with Gasteiger partial charge >= 0.3 is 0 Å². The number of para-hydroxylation sites is 1. The third-order valence-corrected chi connectivity index (χ3v) is 6.81. The van der Waals surface area contributed by atoms with Crippen LogP contribution in [-0.2, 0) is 21.4 Å². The molecule has 2 N–H and O–H groups in total. The first-order chi connectivity index (χ1) is 16.7. The van der Waals surface area contributed by atoms with E-state index in [4.69, 9.17) is 0 Å².